The van der Waals surface area contributed by atoms with Gasteiger partial charge in [-0.25, -0.2) is 4.39 Å². The van der Waals surface area contributed by atoms with Gasteiger partial charge in [-0.1, -0.05) is 11.3 Å². The van der Waals surface area contributed by atoms with E-state index in [-0.39, 0.29) is 5.75 Å². The number of hydrogen-bond acceptors (Lipinski definition) is 3. The molecular weight excluding hydrogens is 271 g/mol. The zero-order chi connectivity index (χ0) is 12.4. The molecule has 7 heteroatoms. The number of hydrogen-bond donors (Lipinski definition) is 0. The first-order valence-corrected chi connectivity index (χ1v) is 7.31. The number of thiazole rings is 1. The molecule has 1 heterocycles. The Labute approximate surface area is 104 Å². The van der Waals surface area contributed by atoms with Crippen molar-refractivity contribution >= 4 is 22.5 Å². The Bertz CT molecular complexity index is 427. The quantitative estimate of drug-likeness (QED) is 0.773. The van der Waals surface area contributed by atoms with E-state index in [1.807, 2.05) is 5.38 Å². The van der Waals surface area contributed by atoms with Crippen LogP contribution >= 0.6 is 11.3 Å². The van der Waals surface area contributed by atoms with E-state index in [9.17, 15) is 17.7 Å². The summed E-state index contributed by atoms with van der Waals surface area (Å²) in [7, 11) is 0. The molecule has 1 unspecified atom stereocenters. The van der Waals surface area contributed by atoms with E-state index in [1.165, 1.54) is 11.3 Å². The predicted octanol–water partition coefficient (Wildman–Crippen LogP) is 3.60. The molecule has 0 amide bonds. The molecule has 1 aromatic rings. The van der Waals surface area contributed by atoms with Gasteiger partial charge >= 0.3 is 10.4 Å². The second-order valence-electron chi connectivity index (χ2n) is 3.78. The van der Waals surface area contributed by atoms with E-state index in [1.54, 1.807) is 0 Å². The van der Waals surface area contributed by atoms with Crippen LogP contribution in [-0.2, 0) is 11.2 Å². The van der Waals surface area contributed by atoms with Gasteiger partial charge in [-0.3, -0.25) is 0 Å². The molecule has 1 aliphatic rings. The molecule has 2 rings (SSSR count). The van der Waals surface area contributed by atoms with Crippen LogP contribution in [0.5, 0.6) is 0 Å². The second-order valence-corrected chi connectivity index (χ2v) is 6.38. The minimum atomic E-state index is -2.33. The molecule has 17 heavy (non-hydrogen) atoms. The molecule has 0 aliphatic heterocycles. The molecule has 0 radical (unpaired) electrons. The monoisotopic (exact) mass is 281 g/mol. The van der Waals surface area contributed by atoms with Crippen LogP contribution < -0.4 is 0 Å². The maximum atomic E-state index is 12.5. The smallest absolute Gasteiger partial charge is 0.301 e. The first-order valence-electron chi connectivity index (χ1n) is 5.11. The molecule has 1 fully saturated rings. The van der Waals surface area contributed by atoms with Crippen molar-refractivity contribution in [3.8, 4) is 0 Å². The summed E-state index contributed by atoms with van der Waals surface area (Å²) < 4.78 is 48.2. The molecule has 0 spiro atoms. The lowest BCUT2D eigenvalue weighted by atomic mass is 10.3. The highest BCUT2D eigenvalue weighted by atomic mass is 32.2. The number of aromatic nitrogens is 1. The fraction of sp³-hybridized carbons (Fsp3) is 0.500. The molecule has 94 valence electrons. The molecule has 0 saturated heterocycles. The van der Waals surface area contributed by atoms with E-state index >= 15 is 0 Å². The van der Waals surface area contributed by atoms with E-state index in [4.69, 9.17) is 0 Å². The van der Waals surface area contributed by atoms with Gasteiger partial charge in [-0.15, -0.1) is 0 Å². The van der Waals surface area contributed by atoms with Gasteiger partial charge in [0.1, 0.15) is 5.75 Å². The van der Waals surface area contributed by atoms with Crippen LogP contribution in [0.15, 0.2) is 21.6 Å². The fourth-order valence-corrected chi connectivity index (χ4v) is 3.50. The van der Waals surface area contributed by atoms with Gasteiger partial charge in [-0.2, -0.15) is 13.8 Å². The van der Waals surface area contributed by atoms with Crippen LogP contribution in [0.4, 0.5) is 13.2 Å². The van der Waals surface area contributed by atoms with Crippen molar-refractivity contribution in [1.82, 2.24) is 4.98 Å². The normalized spacial score (nSPS) is 16.9. The SMILES string of the molecule is [O-][S+](CCC(F)=C(F)F)c1nc(C2CC2)cs1. The zero-order valence-corrected chi connectivity index (χ0v) is 10.4. The molecule has 0 aromatic carbocycles. The Morgan fingerprint density at radius 1 is 1.47 bits per heavy atom. The van der Waals surface area contributed by atoms with Crippen LogP contribution in [0.25, 0.3) is 0 Å². The maximum absolute atomic E-state index is 12.5. The first kappa shape index (κ1) is 12.9. The lowest BCUT2D eigenvalue weighted by Gasteiger charge is -2.05. The summed E-state index contributed by atoms with van der Waals surface area (Å²) in [6, 6.07) is 0. The largest absolute Gasteiger partial charge is 0.610 e. The third kappa shape index (κ3) is 3.46. The molecule has 0 bridgehead atoms. The summed E-state index contributed by atoms with van der Waals surface area (Å²) in [5.41, 5.74) is 0.922. The van der Waals surface area contributed by atoms with Crippen molar-refractivity contribution in [2.45, 2.75) is 29.5 Å². The van der Waals surface area contributed by atoms with Gasteiger partial charge in [0.05, 0.1) is 12.1 Å². The summed E-state index contributed by atoms with van der Waals surface area (Å²) in [5.74, 6) is -1.17. The summed E-state index contributed by atoms with van der Waals surface area (Å²) in [5, 5.41) is 1.84. The number of halogens is 3. The summed E-state index contributed by atoms with van der Waals surface area (Å²) in [6.45, 7) is 0. The summed E-state index contributed by atoms with van der Waals surface area (Å²) in [6.07, 6.45) is -0.645. The molecule has 1 aliphatic carbocycles. The van der Waals surface area contributed by atoms with Crippen LogP contribution in [0, 0.1) is 0 Å². The molecule has 1 atom stereocenters. The van der Waals surface area contributed by atoms with E-state index in [2.05, 4.69) is 4.98 Å². The fourth-order valence-electron chi connectivity index (χ4n) is 1.30. The highest BCUT2D eigenvalue weighted by molar-refractivity contribution is 7.93. The average Bonchev–Trinajstić information content (AvgIpc) is 3.03. The molecule has 2 nitrogen and oxygen atoms in total. The van der Waals surface area contributed by atoms with Crippen molar-refractivity contribution in [2.24, 2.45) is 0 Å². The third-order valence-corrected chi connectivity index (χ3v) is 4.96. The summed E-state index contributed by atoms with van der Waals surface area (Å²) in [4.78, 5) is 4.19. The van der Waals surface area contributed by atoms with Crippen LogP contribution in [0.3, 0.4) is 0 Å². The van der Waals surface area contributed by atoms with Crippen LogP contribution in [0.1, 0.15) is 30.9 Å². The predicted molar refractivity (Wildman–Crippen MR) is 60.3 cm³/mol. The third-order valence-electron chi connectivity index (χ3n) is 2.40. The lowest BCUT2D eigenvalue weighted by Crippen LogP contribution is -2.07. The Kier molecular flexibility index (Phi) is 4.11. The molecule has 1 aromatic heterocycles. The second kappa shape index (κ2) is 5.41. The molecular formula is C10H10F3NOS2. The minimum Gasteiger partial charge on any atom is -0.610 e. The standard InChI is InChI=1S/C10H10F3NOS2/c11-7(9(12)13)3-4-17(15)10-14-8(5-16-10)6-1-2-6/h5-6H,1-4H2. The van der Waals surface area contributed by atoms with Gasteiger partial charge in [0.15, 0.2) is 5.83 Å². The Balaban J connectivity index is 1.90. The van der Waals surface area contributed by atoms with Gasteiger partial charge in [-0.05, 0) is 12.8 Å². The highest BCUT2D eigenvalue weighted by Gasteiger charge is 2.28. The lowest BCUT2D eigenvalue weighted by molar-refractivity contribution is 0.373. The number of allylic oxidation sites excluding steroid dienone is 1. The maximum Gasteiger partial charge on any atom is 0.301 e. The van der Waals surface area contributed by atoms with Crippen molar-refractivity contribution < 1.29 is 17.7 Å². The minimum absolute atomic E-state index is 0.152. The number of rotatable bonds is 5. The average molecular weight is 281 g/mol. The molecule has 0 N–H and O–H groups in total. The van der Waals surface area contributed by atoms with Crippen molar-refractivity contribution in [1.29, 1.82) is 0 Å². The summed E-state index contributed by atoms with van der Waals surface area (Å²) >= 11 is -0.240. The zero-order valence-electron chi connectivity index (χ0n) is 8.79. The Hall–Kier alpha value is -0.530. The van der Waals surface area contributed by atoms with E-state index in [0.29, 0.717) is 10.3 Å². The van der Waals surface area contributed by atoms with Crippen molar-refractivity contribution in [2.75, 3.05) is 5.75 Å². The first-order chi connectivity index (χ1) is 8.08. The Morgan fingerprint density at radius 3 is 2.76 bits per heavy atom. The van der Waals surface area contributed by atoms with Gasteiger partial charge < -0.3 is 4.55 Å². The van der Waals surface area contributed by atoms with Crippen LogP contribution in [0.2, 0.25) is 0 Å². The van der Waals surface area contributed by atoms with Gasteiger partial charge in [0.25, 0.3) is 0 Å². The van der Waals surface area contributed by atoms with E-state index in [0.717, 1.165) is 18.5 Å². The number of nitrogens with zero attached hydrogens (tertiary/aromatic N) is 1. The molecule has 1 saturated carbocycles. The van der Waals surface area contributed by atoms with Gasteiger partial charge in [0, 0.05) is 22.5 Å². The van der Waals surface area contributed by atoms with Crippen LogP contribution in [-0.4, -0.2) is 15.3 Å². The Morgan fingerprint density at radius 2 is 2.18 bits per heavy atom. The highest BCUT2D eigenvalue weighted by Crippen LogP contribution is 2.40. The topological polar surface area (TPSA) is 36.0 Å². The van der Waals surface area contributed by atoms with Crippen molar-refractivity contribution in [3.63, 3.8) is 0 Å². The van der Waals surface area contributed by atoms with Gasteiger partial charge in [0.2, 0.25) is 0 Å². The van der Waals surface area contributed by atoms with E-state index < -0.39 is 29.5 Å². The van der Waals surface area contributed by atoms with Crippen molar-refractivity contribution in [3.05, 3.63) is 23.0 Å².